The maximum Gasteiger partial charge on any atom is 0.173 e. The zero-order chi connectivity index (χ0) is 20.2. The lowest BCUT2D eigenvalue weighted by Crippen LogP contribution is -2.49. The van der Waals surface area contributed by atoms with E-state index in [1.54, 1.807) is 0 Å². The fraction of sp³-hybridized carbons (Fsp3) is 0.650. The van der Waals surface area contributed by atoms with Crippen molar-refractivity contribution in [2.75, 3.05) is 29.9 Å². The zero-order valence-corrected chi connectivity index (χ0v) is 18.7. The molecule has 1 aliphatic heterocycles. The number of rotatable bonds is 7. The first-order valence-corrected chi connectivity index (χ1v) is 11.9. The normalized spacial score (nSPS) is 19.0. The van der Waals surface area contributed by atoms with E-state index in [0.717, 1.165) is 12.2 Å². The minimum absolute atomic E-state index is 0.0541. The van der Waals surface area contributed by atoms with E-state index in [1.165, 1.54) is 5.56 Å². The van der Waals surface area contributed by atoms with Gasteiger partial charge in [0, 0.05) is 36.9 Å². The van der Waals surface area contributed by atoms with Gasteiger partial charge in [0.15, 0.2) is 14.9 Å². The molecular weight excluding hydrogens is 378 g/mol. The van der Waals surface area contributed by atoms with Crippen LogP contribution in [0.15, 0.2) is 24.3 Å². The monoisotopic (exact) mass is 411 g/mol. The van der Waals surface area contributed by atoms with Crippen molar-refractivity contribution in [2.45, 2.75) is 59.2 Å². The number of anilines is 1. The molecule has 0 unspecified atom stereocenters. The Balaban J connectivity index is 2.13. The number of aryl methyl sites for hydroxylation is 1. The first-order chi connectivity index (χ1) is 12.6. The van der Waals surface area contributed by atoms with Crippen molar-refractivity contribution < 1.29 is 8.42 Å². The third-order valence-corrected chi connectivity index (χ3v) is 7.23. The average molecular weight is 412 g/mol. The van der Waals surface area contributed by atoms with E-state index in [9.17, 15) is 8.42 Å². The Kier molecular flexibility index (Phi) is 7.65. The van der Waals surface area contributed by atoms with Crippen LogP contribution in [0.3, 0.4) is 0 Å². The molecule has 0 aliphatic carbocycles. The van der Waals surface area contributed by atoms with Crippen molar-refractivity contribution in [3.05, 3.63) is 29.8 Å². The smallest absolute Gasteiger partial charge is 0.173 e. The minimum atomic E-state index is -2.97. The van der Waals surface area contributed by atoms with E-state index in [4.69, 9.17) is 12.2 Å². The highest BCUT2D eigenvalue weighted by molar-refractivity contribution is 7.91. The number of nitrogens with zero attached hydrogens (tertiary/aromatic N) is 2. The van der Waals surface area contributed by atoms with Gasteiger partial charge in [-0.3, -0.25) is 4.90 Å². The van der Waals surface area contributed by atoms with Gasteiger partial charge < -0.3 is 10.2 Å². The molecule has 7 heteroatoms. The van der Waals surface area contributed by atoms with Gasteiger partial charge in [0.05, 0.1) is 11.5 Å². The Morgan fingerprint density at radius 1 is 1.15 bits per heavy atom. The summed E-state index contributed by atoms with van der Waals surface area (Å²) in [5.74, 6) is 0.436. The summed E-state index contributed by atoms with van der Waals surface area (Å²) in [6.45, 7) is 12.4. The van der Waals surface area contributed by atoms with E-state index in [0.29, 0.717) is 30.2 Å². The largest absolute Gasteiger partial charge is 0.344 e. The number of nitrogens with one attached hydrogen (secondary N) is 1. The molecule has 0 bridgehead atoms. The number of hydrogen-bond acceptors (Lipinski definition) is 4. The lowest BCUT2D eigenvalue weighted by molar-refractivity contribution is 0.155. The molecule has 27 heavy (non-hydrogen) atoms. The van der Waals surface area contributed by atoms with Crippen LogP contribution < -0.4 is 5.32 Å². The molecule has 152 valence electrons. The van der Waals surface area contributed by atoms with E-state index < -0.39 is 9.84 Å². The molecule has 0 saturated carbocycles. The molecule has 0 spiro atoms. The summed E-state index contributed by atoms with van der Waals surface area (Å²) in [6.07, 6.45) is 0.640. The molecule has 2 rings (SSSR count). The molecule has 1 atom stereocenters. The molecule has 0 amide bonds. The summed E-state index contributed by atoms with van der Waals surface area (Å²) in [5, 5.41) is 3.90. The van der Waals surface area contributed by atoms with Crippen molar-refractivity contribution in [3.8, 4) is 0 Å². The van der Waals surface area contributed by atoms with Crippen molar-refractivity contribution >= 4 is 32.9 Å². The molecular formula is C20H33N3O2S2. The van der Waals surface area contributed by atoms with Crippen LogP contribution >= 0.6 is 12.2 Å². The van der Waals surface area contributed by atoms with Crippen LogP contribution in [-0.2, 0) is 9.84 Å². The highest BCUT2D eigenvalue weighted by Crippen LogP contribution is 2.20. The Hall–Kier alpha value is -1.18. The van der Waals surface area contributed by atoms with Crippen molar-refractivity contribution in [3.63, 3.8) is 0 Å². The van der Waals surface area contributed by atoms with Gasteiger partial charge in [-0.25, -0.2) is 8.42 Å². The lowest BCUT2D eigenvalue weighted by atomic mass is 10.2. The van der Waals surface area contributed by atoms with Gasteiger partial charge in [-0.05, 0) is 65.4 Å². The summed E-state index contributed by atoms with van der Waals surface area (Å²) in [6, 6.07) is 8.88. The number of hydrogen-bond donors (Lipinski definition) is 1. The molecule has 1 aromatic rings. The second-order valence-electron chi connectivity index (χ2n) is 7.97. The van der Waals surface area contributed by atoms with Crippen LogP contribution in [0.4, 0.5) is 5.69 Å². The summed E-state index contributed by atoms with van der Waals surface area (Å²) in [5.41, 5.74) is 2.12. The molecule has 1 N–H and O–H groups in total. The van der Waals surface area contributed by atoms with Gasteiger partial charge in [-0.1, -0.05) is 17.7 Å². The predicted octanol–water partition coefficient (Wildman–Crippen LogP) is 3.30. The average Bonchev–Trinajstić information content (AvgIpc) is 2.92. The van der Waals surface area contributed by atoms with E-state index in [-0.39, 0.29) is 17.5 Å². The first-order valence-electron chi connectivity index (χ1n) is 9.69. The second kappa shape index (κ2) is 9.34. The van der Waals surface area contributed by atoms with Crippen LogP contribution in [0.2, 0.25) is 0 Å². The third kappa shape index (κ3) is 6.43. The van der Waals surface area contributed by atoms with Crippen molar-refractivity contribution in [2.24, 2.45) is 0 Å². The molecule has 0 radical (unpaired) electrons. The first kappa shape index (κ1) is 22.1. The Bertz CT molecular complexity index is 722. The molecule has 1 aromatic carbocycles. The lowest BCUT2D eigenvalue weighted by Gasteiger charge is -2.36. The Morgan fingerprint density at radius 3 is 2.22 bits per heavy atom. The summed E-state index contributed by atoms with van der Waals surface area (Å²) in [4.78, 5) is 4.49. The van der Waals surface area contributed by atoms with Crippen LogP contribution in [0.1, 0.15) is 39.7 Å². The molecule has 1 saturated heterocycles. The number of thiocarbonyl (C=S) groups is 1. The van der Waals surface area contributed by atoms with E-state index in [1.807, 2.05) is 31.2 Å². The van der Waals surface area contributed by atoms with Crippen molar-refractivity contribution in [1.29, 1.82) is 0 Å². The number of benzene rings is 1. The molecule has 1 heterocycles. The van der Waals surface area contributed by atoms with Crippen LogP contribution in [-0.4, -0.2) is 66.1 Å². The molecule has 1 aliphatic rings. The van der Waals surface area contributed by atoms with Gasteiger partial charge in [0.2, 0.25) is 0 Å². The SMILES string of the molecule is Cc1ccc(NC(=S)N(CCN(C(C)C)C(C)C)[C@H]2CCS(=O)(=O)C2)cc1. The summed E-state index contributed by atoms with van der Waals surface area (Å²) >= 11 is 5.69. The van der Waals surface area contributed by atoms with Crippen LogP contribution in [0, 0.1) is 6.92 Å². The molecule has 0 aromatic heterocycles. The van der Waals surface area contributed by atoms with Crippen LogP contribution in [0.25, 0.3) is 0 Å². The Labute approximate surface area is 170 Å². The third-order valence-electron chi connectivity index (χ3n) is 5.14. The van der Waals surface area contributed by atoms with Crippen molar-refractivity contribution in [1.82, 2.24) is 9.80 Å². The number of sulfone groups is 1. The summed E-state index contributed by atoms with van der Waals surface area (Å²) in [7, 11) is -2.97. The summed E-state index contributed by atoms with van der Waals surface area (Å²) < 4.78 is 24.0. The van der Waals surface area contributed by atoms with Gasteiger partial charge in [-0.2, -0.15) is 0 Å². The zero-order valence-electron chi connectivity index (χ0n) is 17.1. The van der Waals surface area contributed by atoms with E-state index >= 15 is 0 Å². The van der Waals surface area contributed by atoms with Crippen LogP contribution in [0.5, 0.6) is 0 Å². The minimum Gasteiger partial charge on any atom is -0.344 e. The Morgan fingerprint density at radius 2 is 1.74 bits per heavy atom. The maximum atomic E-state index is 12.0. The molecule has 5 nitrogen and oxygen atoms in total. The standard InChI is InChI=1S/C20H33N3O2S2/c1-15(2)22(16(3)4)11-12-23(19-10-13-27(24,25)14-19)20(26)21-18-8-6-17(5)7-9-18/h6-9,15-16,19H,10-14H2,1-5H3,(H,21,26)/t19-/m0/s1. The van der Waals surface area contributed by atoms with Gasteiger partial charge in [0.1, 0.15) is 0 Å². The maximum absolute atomic E-state index is 12.0. The van der Waals surface area contributed by atoms with E-state index in [2.05, 4.69) is 42.8 Å². The topological polar surface area (TPSA) is 52.6 Å². The predicted molar refractivity (Wildman–Crippen MR) is 118 cm³/mol. The highest BCUT2D eigenvalue weighted by Gasteiger charge is 2.33. The highest BCUT2D eigenvalue weighted by atomic mass is 32.2. The quantitative estimate of drug-likeness (QED) is 0.695. The fourth-order valence-corrected chi connectivity index (χ4v) is 5.73. The molecule has 1 fully saturated rings. The van der Waals surface area contributed by atoms with Gasteiger partial charge in [0.25, 0.3) is 0 Å². The van der Waals surface area contributed by atoms with Gasteiger partial charge >= 0.3 is 0 Å². The fourth-order valence-electron chi connectivity index (χ4n) is 3.64. The second-order valence-corrected chi connectivity index (χ2v) is 10.6. The van der Waals surface area contributed by atoms with Gasteiger partial charge in [-0.15, -0.1) is 0 Å².